The van der Waals surface area contributed by atoms with Crippen molar-refractivity contribution in [2.45, 2.75) is 58.9 Å². The Kier molecular flexibility index (Phi) is 5.44. The van der Waals surface area contributed by atoms with E-state index in [1.165, 1.54) is 19.3 Å². The molecular weight excluding hydrogens is 212 g/mol. The third kappa shape index (κ3) is 5.53. The predicted molar refractivity (Wildman–Crippen MR) is 72.0 cm³/mol. The minimum Gasteiger partial charge on any atom is -0.343 e. The molecule has 0 unspecified atom stereocenters. The van der Waals surface area contributed by atoms with Gasteiger partial charge in [0, 0.05) is 31.6 Å². The summed E-state index contributed by atoms with van der Waals surface area (Å²) in [5.41, 5.74) is 0.107. The van der Waals surface area contributed by atoms with E-state index in [0.717, 1.165) is 25.6 Å². The maximum atomic E-state index is 12.0. The molecule has 1 aliphatic heterocycles. The Morgan fingerprint density at radius 2 is 1.88 bits per heavy atom. The topological polar surface area (TPSA) is 32.3 Å². The zero-order chi connectivity index (χ0) is 12.9. The molecule has 0 aliphatic carbocycles. The number of carbonyl (C=O) groups is 1. The van der Waals surface area contributed by atoms with Crippen LogP contribution in [0.25, 0.3) is 0 Å². The summed E-state index contributed by atoms with van der Waals surface area (Å²) >= 11 is 0. The number of carbonyl (C=O) groups excluding carboxylic acids is 1. The van der Waals surface area contributed by atoms with Gasteiger partial charge in [0.05, 0.1) is 0 Å². The van der Waals surface area contributed by atoms with Crippen molar-refractivity contribution in [1.82, 2.24) is 10.2 Å². The molecule has 1 heterocycles. The second-order valence-corrected chi connectivity index (χ2v) is 6.16. The third-order valence-corrected chi connectivity index (χ3v) is 3.54. The molecular formula is C14H28N2O. The molecule has 0 saturated carbocycles. The van der Waals surface area contributed by atoms with Gasteiger partial charge in [0.1, 0.15) is 0 Å². The van der Waals surface area contributed by atoms with E-state index in [1.54, 1.807) is 0 Å². The van der Waals surface area contributed by atoms with Gasteiger partial charge >= 0.3 is 0 Å². The Hall–Kier alpha value is -0.570. The van der Waals surface area contributed by atoms with Crippen LogP contribution in [0, 0.1) is 5.92 Å². The highest BCUT2D eigenvalue weighted by molar-refractivity contribution is 5.76. The zero-order valence-corrected chi connectivity index (χ0v) is 11.9. The molecule has 0 radical (unpaired) electrons. The van der Waals surface area contributed by atoms with E-state index in [4.69, 9.17) is 0 Å². The molecule has 3 heteroatoms. The highest BCUT2D eigenvalue weighted by Crippen LogP contribution is 2.20. The van der Waals surface area contributed by atoms with Gasteiger partial charge in [-0.15, -0.1) is 0 Å². The fourth-order valence-corrected chi connectivity index (χ4v) is 2.29. The summed E-state index contributed by atoms with van der Waals surface area (Å²) in [5, 5.41) is 3.36. The Morgan fingerprint density at radius 1 is 1.29 bits per heavy atom. The Balaban J connectivity index is 2.21. The van der Waals surface area contributed by atoms with E-state index >= 15 is 0 Å². The van der Waals surface area contributed by atoms with Gasteiger partial charge < -0.3 is 10.2 Å². The van der Waals surface area contributed by atoms with E-state index in [-0.39, 0.29) is 5.54 Å². The van der Waals surface area contributed by atoms with E-state index in [0.29, 0.717) is 12.3 Å². The lowest BCUT2D eigenvalue weighted by Gasteiger charge is -2.32. The SMILES string of the molecule is CCC1CCN(C(=O)CCNC(C)(C)C)CC1. The Labute approximate surface area is 106 Å². The molecule has 0 aromatic carbocycles. The van der Waals surface area contributed by atoms with E-state index < -0.39 is 0 Å². The van der Waals surface area contributed by atoms with Crippen molar-refractivity contribution in [3.05, 3.63) is 0 Å². The second kappa shape index (κ2) is 6.39. The van der Waals surface area contributed by atoms with Crippen LogP contribution in [0.3, 0.4) is 0 Å². The monoisotopic (exact) mass is 240 g/mol. The fraction of sp³-hybridized carbons (Fsp3) is 0.929. The Morgan fingerprint density at radius 3 is 2.35 bits per heavy atom. The first kappa shape index (κ1) is 14.5. The lowest BCUT2D eigenvalue weighted by atomic mass is 9.94. The minimum absolute atomic E-state index is 0.107. The molecule has 0 atom stereocenters. The van der Waals surface area contributed by atoms with Gasteiger partial charge in [-0.2, -0.15) is 0 Å². The summed E-state index contributed by atoms with van der Waals surface area (Å²) in [7, 11) is 0. The molecule has 0 aromatic heterocycles. The lowest BCUT2D eigenvalue weighted by Crippen LogP contribution is -2.42. The van der Waals surface area contributed by atoms with Crippen LogP contribution in [0.2, 0.25) is 0 Å². The number of amides is 1. The standard InChI is InChI=1S/C14H28N2O/c1-5-12-7-10-16(11-8-12)13(17)6-9-15-14(2,3)4/h12,15H,5-11H2,1-4H3. The molecule has 17 heavy (non-hydrogen) atoms. The molecule has 0 aromatic rings. The Bertz CT molecular complexity index is 237. The second-order valence-electron chi connectivity index (χ2n) is 6.16. The van der Waals surface area contributed by atoms with Crippen LogP contribution in [0.15, 0.2) is 0 Å². The maximum Gasteiger partial charge on any atom is 0.223 e. The molecule has 1 N–H and O–H groups in total. The molecule has 1 aliphatic rings. The molecule has 1 rings (SSSR count). The summed E-state index contributed by atoms with van der Waals surface area (Å²) in [6.45, 7) is 11.4. The number of hydrogen-bond donors (Lipinski definition) is 1. The number of hydrogen-bond acceptors (Lipinski definition) is 2. The highest BCUT2D eigenvalue weighted by Gasteiger charge is 2.21. The molecule has 3 nitrogen and oxygen atoms in total. The van der Waals surface area contributed by atoms with Gasteiger partial charge in [-0.1, -0.05) is 13.3 Å². The first-order chi connectivity index (χ1) is 7.92. The molecule has 0 spiro atoms. The number of nitrogens with one attached hydrogen (secondary N) is 1. The van der Waals surface area contributed by atoms with Gasteiger partial charge in [-0.25, -0.2) is 0 Å². The maximum absolute atomic E-state index is 12.0. The van der Waals surface area contributed by atoms with Crippen molar-refractivity contribution in [2.24, 2.45) is 5.92 Å². The van der Waals surface area contributed by atoms with Crippen LogP contribution < -0.4 is 5.32 Å². The van der Waals surface area contributed by atoms with Crippen molar-refractivity contribution in [3.8, 4) is 0 Å². The zero-order valence-electron chi connectivity index (χ0n) is 11.9. The lowest BCUT2D eigenvalue weighted by molar-refractivity contribution is -0.132. The van der Waals surface area contributed by atoms with Crippen molar-refractivity contribution >= 4 is 5.91 Å². The van der Waals surface area contributed by atoms with Gasteiger partial charge in [0.15, 0.2) is 0 Å². The van der Waals surface area contributed by atoms with Gasteiger partial charge in [0.25, 0.3) is 0 Å². The molecule has 1 amide bonds. The summed E-state index contributed by atoms with van der Waals surface area (Å²) in [6, 6.07) is 0. The van der Waals surface area contributed by atoms with Crippen LogP contribution in [0.4, 0.5) is 0 Å². The van der Waals surface area contributed by atoms with Crippen LogP contribution >= 0.6 is 0 Å². The van der Waals surface area contributed by atoms with Gasteiger partial charge in [-0.3, -0.25) is 4.79 Å². The first-order valence-electron chi connectivity index (χ1n) is 6.95. The molecule has 100 valence electrons. The molecule has 1 saturated heterocycles. The normalized spacial score (nSPS) is 18.5. The number of likely N-dealkylation sites (tertiary alicyclic amines) is 1. The van der Waals surface area contributed by atoms with Crippen LogP contribution in [0.5, 0.6) is 0 Å². The van der Waals surface area contributed by atoms with E-state index in [1.807, 2.05) is 4.90 Å². The average molecular weight is 240 g/mol. The molecule has 1 fully saturated rings. The average Bonchev–Trinajstić information content (AvgIpc) is 2.27. The summed E-state index contributed by atoms with van der Waals surface area (Å²) in [6.07, 6.45) is 4.27. The van der Waals surface area contributed by atoms with Crippen molar-refractivity contribution in [2.75, 3.05) is 19.6 Å². The van der Waals surface area contributed by atoms with Crippen LogP contribution in [0.1, 0.15) is 53.4 Å². The van der Waals surface area contributed by atoms with Gasteiger partial charge in [0.2, 0.25) is 5.91 Å². The summed E-state index contributed by atoms with van der Waals surface area (Å²) in [4.78, 5) is 14.0. The van der Waals surface area contributed by atoms with Crippen molar-refractivity contribution in [1.29, 1.82) is 0 Å². The largest absolute Gasteiger partial charge is 0.343 e. The minimum atomic E-state index is 0.107. The number of nitrogens with zero attached hydrogens (tertiary/aromatic N) is 1. The summed E-state index contributed by atoms with van der Waals surface area (Å²) < 4.78 is 0. The molecule has 0 bridgehead atoms. The van der Waals surface area contributed by atoms with Crippen LogP contribution in [-0.2, 0) is 4.79 Å². The number of rotatable bonds is 4. The van der Waals surface area contributed by atoms with E-state index in [2.05, 4.69) is 33.0 Å². The van der Waals surface area contributed by atoms with Crippen molar-refractivity contribution < 1.29 is 4.79 Å². The smallest absolute Gasteiger partial charge is 0.223 e. The first-order valence-corrected chi connectivity index (χ1v) is 6.95. The van der Waals surface area contributed by atoms with Crippen molar-refractivity contribution in [3.63, 3.8) is 0 Å². The summed E-state index contributed by atoms with van der Waals surface area (Å²) in [5.74, 6) is 1.16. The predicted octanol–water partition coefficient (Wildman–Crippen LogP) is 2.41. The quantitative estimate of drug-likeness (QED) is 0.818. The van der Waals surface area contributed by atoms with Gasteiger partial charge in [-0.05, 0) is 39.5 Å². The number of piperidine rings is 1. The van der Waals surface area contributed by atoms with Crippen LogP contribution in [-0.4, -0.2) is 36.0 Å². The third-order valence-electron chi connectivity index (χ3n) is 3.54. The fourth-order valence-electron chi connectivity index (χ4n) is 2.29. The highest BCUT2D eigenvalue weighted by atomic mass is 16.2. The van der Waals surface area contributed by atoms with E-state index in [9.17, 15) is 4.79 Å².